The number of aromatic amines is 1. The maximum absolute atomic E-state index is 12.1. The number of aromatic nitrogens is 2. The highest BCUT2D eigenvalue weighted by molar-refractivity contribution is 5.97. The van der Waals surface area contributed by atoms with Gasteiger partial charge in [0, 0.05) is 24.7 Å². The van der Waals surface area contributed by atoms with Gasteiger partial charge in [0.05, 0.1) is 6.33 Å². The highest BCUT2D eigenvalue weighted by atomic mass is 19.4. The second-order valence-electron chi connectivity index (χ2n) is 5.90. The molecule has 0 saturated carbocycles. The van der Waals surface area contributed by atoms with Crippen LogP contribution in [0.5, 0.6) is 0 Å². The lowest BCUT2D eigenvalue weighted by molar-refractivity contribution is -0.192. The van der Waals surface area contributed by atoms with Gasteiger partial charge in [0.15, 0.2) is 0 Å². The molecule has 1 aliphatic rings. The number of imidazole rings is 1. The molecule has 1 aromatic carbocycles. The number of carboxylic acid groups (broad SMARTS) is 1. The van der Waals surface area contributed by atoms with E-state index in [4.69, 9.17) is 9.90 Å². The first-order valence-electron chi connectivity index (χ1n) is 8.09. The van der Waals surface area contributed by atoms with Crippen LogP contribution in [0.2, 0.25) is 0 Å². The molecule has 3 rings (SSSR count). The number of aliphatic carboxylic acids is 1. The predicted octanol–water partition coefficient (Wildman–Crippen LogP) is 0.811. The molecule has 2 atom stereocenters. The summed E-state index contributed by atoms with van der Waals surface area (Å²) in [6.45, 7) is 0. The highest BCUT2D eigenvalue weighted by Gasteiger charge is 2.38. The molecule has 8 nitrogen and oxygen atoms in total. The second-order valence-corrected chi connectivity index (χ2v) is 5.90. The van der Waals surface area contributed by atoms with Crippen molar-refractivity contribution >= 4 is 17.8 Å². The molecule has 0 spiro atoms. The van der Waals surface area contributed by atoms with Gasteiger partial charge in [0.2, 0.25) is 11.8 Å². The Bertz CT molecular complexity index is 810. The van der Waals surface area contributed by atoms with Gasteiger partial charge in [-0.1, -0.05) is 30.3 Å². The van der Waals surface area contributed by atoms with E-state index in [-0.39, 0.29) is 11.8 Å². The summed E-state index contributed by atoms with van der Waals surface area (Å²) in [4.78, 5) is 40.0. The second kappa shape index (κ2) is 9.02. The maximum atomic E-state index is 12.1. The lowest BCUT2D eigenvalue weighted by Gasteiger charge is -2.29. The van der Waals surface area contributed by atoms with E-state index in [1.807, 2.05) is 30.3 Å². The van der Waals surface area contributed by atoms with Crippen LogP contribution in [0.15, 0.2) is 42.9 Å². The summed E-state index contributed by atoms with van der Waals surface area (Å²) < 4.78 is 31.7. The highest BCUT2D eigenvalue weighted by Crippen LogP contribution is 2.13. The smallest absolute Gasteiger partial charge is 0.475 e. The van der Waals surface area contributed by atoms with Crippen LogP contribution in [-0.2, 0) is 27.2 Å². The van der Waals surface area contributed by atoms with Gasteiger partial charge >= 0.3 is 12.1 Å². The zero-order valence-corrected chi connectivity index (χ0v) is 14.4. The third kappa shape index (κ3) is 6.11. The number of rotatable bonds is 4. The lowest BCUT2D eigenvalue weighted by Crippen LogP contribution is -2.62. The molecular weight excluding hydrogens is 381 g/mol. The molecule has 1 saturated heterocycles. The fourth-order valence-corrected chi connectivity index (χ4v) is 2.43. The number of benzene rings is 1. The number of nitrogens with zero attached hydrogens (tertiary/aromatic N) is 1. The number of nitrogens with one attached hydrogen (secondary N) is 3. The molecule has 0 aliphatic carbocycles. The lowest BCUT2D eigenvalue weighted by atomic mass is 10.0. The van der Waals surface area contributed by atoms with Crippen molar-refractivity contribution < 1.29 is 32.7 Å². The molecule has 1 fully saturated rings. The van der Waals surface area contributed by atoms with E-state index in [1.165, 1.54) is 0 Å². The molecule has 150 valence electrons. The summed E-state index contributed by atoms with van der Waals surface area (Å²) >= 11 is 0. The molecule has 0 unspecified atom stereocenters. The van der Waals surface area contributed by atoms with E-state index in [1.54, 1.807) is 12.5 Å². The van der Waals surface area contributed by atoms with Crippen molar-refractivity contribution in [3.63, 3.8) is 0 Å². The standard InChI is InChI=1S/C15H16N4O2.C2HF3O2/c20-14-12(6-10-4-2-1-3-5-10)18-15(21)13(19-14)7-11-8-16-9-17-11;3-2(4,5)1(6)7/h1-5,8-9,12-13H,6-7H2,(H,16,17)(H,18,21)(H,19,20);(H,6,7)/t12-,13-;/m0./s1. The molecule has 28 heavy (non-hydrogen) atoms. The number of piperazine rings is 1. The fourth-order valence-electron chi connectivity index (χ4n) is 2.43. The Morgan fingerprint density at radius 3 is 2.04 bits per heavy atom. The first-order chi connectivity index (χ1) is 13.2. The van der Waals surface area contributed by atoms with E-state index < -0.39 is 24.2 Å². The largest absolute Gasteiger partial charge is 0.490 e. The van der Waals surface area contributed by atoms with Crippen LogP contribution in [0.3, 0.4) is 0 Å². The van der Waals surface area contributed by atoms with E-state index >= 15 is 0 Å². The van der Waals surface area contributed by atoms with Gasteiger partial charge < -0.3 is 20.7 Å². The summed E-state index contributed by atoms with van der Waals surface area (Å²) in [5.74, 6) is -3.07. The van der Waals surface area contributed by atoms with Crippen molar-refractivity contribution in [2.24, 2.45) is 0 Å². The average Bonchev–Trinajstić information content (AvgIpc) is 3.13. The number of H-pyrrole nitrogens is 1. The van der Waals surface area contributed by atoms with Crippen molar-refractivity contribution in [2.75, 3.05) is 0 Å². The third-order valence-corrected chi connectivity index (χ3v) is 3.77. The summed E-state index contributed by atoms with van der Waals surface area (Å²) in [5, 5.41) is 12.7. The van der Waals surface area contributed by atoms with Crippen LogP contribution in [0.25, 0.3) is 0 Å². The number of halogens is 3. The SMILES string of the molecule is O=C(O)C(F)(F)F.O=C1N[C@@H](Cc2cnc[nH]2)C(=O)N[C@H]1Cc1ccccc1. The molecule has 11 heteroatoms. The zero-order valence-electron chi connectivity index (χ0n) is 14.4. The van der Waals surface area contributed by atoms with Crippen LogP contribution in [0.1, 0.15) is 11.3 Å². The van der Waals surface area contributed by atoms with Gasteiger partial charge in [-0.3, -0.25) is 9.59 Å². The number of carbonyl (C=O) groups excluding carboxylic acids is 2. The molecule has 1 aromatic heterocycles. The minimum atomic E-state index is -5.08. The summed E-state index contributed by atoms with van der Waals surface area (Å²) in [6, 6.07) is 8.57. The van der Waals surface area contributed by atoms with Crippen LogP contribution >= 0.6 is 0 Å². The first-order valence-corrected chi connectivity index (χ1v) is 8.09. The first kappa shape index (κ1) is 20.9. The van der Waals surface area contributed by atoms with Crippen molar-refractivity contribution in [1.29, 1.82) is 0 Å². The van der Waals surface area contributed by atoms with Gasteiger partial charge in [-0.25, -0.2) is 9.78 Å². The molecule has 2 heterocycles. The number of hydrogen-bond donors (Lipinski definition) is 4. The Balaban J connectivity index is 0.000000345. The van der Waals surface area contributed by atoms with E-state index in [0.29, 0.717) is 12.8 Å². The Labute approximate surface area is 157 Å². The van der Waals surface area contributed by atoms with Gasteiger partial charge in [0.1, 0.15) is 12.1 Å². The number of carbonyl (C=O) groups is 3. The van der Waals surface area contributed by atoms with Gasteiger partial charge in [0.25, 0.3) is 0 Å². The van der Waals surface area contributed by atoms with Crippen LogP contribution in [-0.4, -0.2) is 51.1 Å². The minimum absolute atomic E-state index is 0.150. The van der Waals surface area contributed by atoms with Gasteiger partial charge in [-0.2, -0.15) is 13.2 Å². The molecule has 0 bridgehead atoms. The van der Waals surface area contributed by atoms with Crippen LogP contribution in [0.4, 0.5) is 13.2 Å². The minimum Gasteiger partial charge on any atom is -0.475 e. The summed E-state index contributed by atoms with van der Waals surface area (Å²) in [7, 11) is 0. The monoisotopic (exact) mass is 398 g/mol. The van der Waals surface area contributed by atoms with Crippen LogP contribution in [0, 0.1) is 0 Å². The average molecular weight is 398 g/mol. The Kier molecular flexibility index (Phi) is 6.74. The summed E-state index contributed by atoms with van der Waals surface area (Å²) in [6.07, 6.45) is -0.976. The van der Waals surface area contributed by atoms with Crippen molar-refractivity contribution in [3.8, 4) is 0 Å². The number of amides is 2. The Morgan fingerprint density at radius 2 is 1.57 bits per heavy atom. The Morgan fingerprint density at radius 1 is 1.04 bits per heavy atom. The maximum Gasteiger partial charge on any atom is 0.490 e. The van der Waals surface area contributed by atoms with Crippen molar-refractivity contribution in [3.05, 3.63) is 54.1 Å². The van der Waals surface area contributed by atoms with E-state index in [2.05, 4.69) is 20.6 Å². The molecule has 1 aliphatic heterocycles. The number of hydrogen-bond acceptors (Lipinski definition) is 4. The van der Waals surface area contributed by atoms with Crippen molar-refractivity contribution in [2.45, 2.75) is 31.1 Å². The molecular formula is C17H17F3N4O4. The van der Waals surface area contributed by atoms with Gasteiger partial charge in [-0.05, 0) is 5.56 Å². The molecule has 4 N–H and O–H groups in total. The van der Waals surface area contributed by atoms with Crippen molar-refractivity contribution in [1.82, 2.24) is 20.6 Å². The third-order valence-electron chi connectivity index (χ3n) is 3.77. The summed E-state index contributed by atoms with van der Waals surface area (Å²) in [5.41, 5.74) is 1.84. The van der Waals surface area contributed by atoms with Gasteiger partial charge in [-0.15, -0.1) is 0 Å². The Hall–Kier alpha value is -3.37. The molecule has 2 amide bonds. The quantitative estimate of drug-likeness (QED) is 0.607. The molecule has 2 aromatic rings. The molecule has 0 radical (unpaired) electrons. The van der Waals surface area contributed by atoms with Crippen LogP contribution < -0.4 is 10.6 Å². The predicted molar refractivity (Wildman–Crippen MR) is 90.0 cm³/mol. The topological polar surface area (TPSA) is 124 Å². The number of alkyl halides is 3. The zero-order chi connectivity index (χ0) is 20.7. The number of carboxylic acids is 1. The van der Waals surface area contributed by atoms with E-state index in [9.17, 15) is 22.8 Å². The fraction of sp³-hybridized carbons (Fsp3) is 0.294. The normalized spacial score (nSPS) is 19.1. The van der Waals surface area contributed by atoms with E-state index in [0.717, 1.165) is 11.3 Å².